The van der Waals surface area contributed by atoms with Crippen LogP contribution in [0.15, 0.2) is 83.8 Å². The molecule has 0 aliphatic heterocycles. The van der Waals surface area contributed by atoms with E-state index < -0.39 is 28.3 Å². The second kappa shape index (κ2) is 9.33. The van der Waals surface area contributed by atoms with Gasteiger partial charge in [-0.1, -0.05) is 47.5 Å². The number of hydrogen-bond donors (Lipinski definition) is 0. The predicted octanol–water partition coefficient (Wildman–Crippen LogP) is 4.15. The van der Waals surface area contributed by atoms with E-state index in [9.17, 15) is 22.3 Å². The summed E-state index contributed by atoms with van der Waals surface area (Å²) in [5.74, 6) is -0.953. The largest absolute Gasteiger partial charge is 0.772 e. The molecule has 1 unspecified atom stereocenters. The molecule has 1 aromatic heterocycles. The highest BCUT2D eigenvalue weighted by molar-refractivity contribution is 7.78. The lowest BCUT2D eigenvalue weighted by atomic mass is 9.97. The average Bonchev–Trinajstić information content (AvgIpc) is 2.76. The van der Waals surface area contributed by atoms with Crippen LogP contribution in [-0.4, -0.2) is 18.5 Å². The van der Waals surface area contributed by atoms with E-state index >= 15 is 0 Å². The highest BCUT2D eigenvalue weighted by Crippen LogP contribution is 2.24. The van der Waals surface area contributed by atoms with Crippen molar-refractivity contribution < 1.29 is 17.5 Å². The van der Waals surface area contributed by atoms with Crippen molar-refractivity contribution in [1.82, 2.24) is 9.78 Å². The van der Waals surface area contributed by atoms with Crippen LogP contribution in [0.2, 0.25) is 0 Å². The van der Waals surface area contributed by atoms with Crippen LogP contribution >= 0.6 is 0 Å². The van der Waals surface area contributed by atoms with E-state index in [1.807, 2.05) is 0 Å². The highest BCUT2D eigenvalue weighted by atomic mass is 32.2. The minimum absolute atomic E-state index is 0.110. The van der Waals surface area contributed by atoms with Crippen molar-refractivity contribution >= 4 is 11.1 Å². The molecule has 3 aromatic carbocycles. The Bertz CT molecular complexity index is 1340. The van der Waals surface area contributed by atoms with Gasteiger partial charge in [0, 0.05) is 23.3 Å². The first kappa shape index (κ1) is 21.7. The molecule has 1 atom stereocenters. The van der Waals surface area contributed by atoms with E-state index in [0.29, 0.717) is 33.5 Å². The first-order valence-electron chi connectivity index (χ1n) is 9.67. The van der Waals surface area contributed by atoms with Gasteiger partial charge in [0.05, 0.1) is 11.9 Å². The number of benzene rings is 3. The summed E-state index contributed by atoms with van der Waals surface area (Å²) in [5, 5.41) is 4.25. The standard InChI is InChI=1S/C24H18F2N2O3S/c25-19-8-10-21(11-9-19)28-24(29)22(13-17-2-1-3-20(26)12-17)23(14-27-28)18-6-4-16(5-7-18)15-32(30)31/h1-12,14H,13,15H2,(H,30,31)/p-1. The predicted molar refractivity (Wildman–Crippen MR) is 117 cm³/mol. The van der Waals surface area contributed by atoms with Crippen molar-refractivity contribution in [3.63, 3.8) is 0 Å². The fourth-order valence-electron chi connectivity index (χ4n) is 3.44. The molecule has 0 bridgehead atoms. The van der Waals surface area contributed by atoms with Gasteiger partial charge in [0.2, 0.25) is 0 Å². The van der Waals surface area contributed by atoms with Crippen LogP contribution in [0.3, 0.4) is 0 Å². The van der Waals surface area contributed by atoms with E-state index in [-0.39, 0.29) is 12.2 Å². The molecule has 0 radical (unpaired) electrons. The minimum atomic E-state index is -2.21. The summed E-state index contributed by atoms with van der Waals surface area (Å²) in [7, 11) is 0. The summed E-state index contributed by atoms with van der Waals surface area (Å²) in [5.41, 5.74) is 2.81. The SMILES string of the molecule is O=c1c(Cc2cccc(F)c2)c(-c2ccc(CS(=O)[O-])cc2)cnn1-c1ccc(F)cc1. The van der Waals surface area contributed by atoms with Gasteiger partial charge in [-0.05, 0) is 53.1 Å². The van der Waals surface area contributed by atoms with Gasteiger partial charge in [-0.2, -0.15) is 9.78 Å². The fraction of sp³-hybridized carbons (Fsp3) is 0.0833. The minimum Gasteiger partial charge on any atom is -0.772 e. The van der Waals surface area contributed by atoms with Crippen molar-refractivity contribution in [3.8, 4) is 16.8 Å². The summed E-state index contributed by atoms with van der Waals surface area (Å²) in [4.78, 5) is 13.4. The topological polar surface area (TPSA) is 75.0 Å². The molecule has 0 N–H and O–H groups in total. The van der Waals surface area contributed by atoms with Gasteiger partial charge < -0.3 is 4.55 Å². The molecule has 4 aromatic rings. The van der Waals surface area contributed by atoms with Crippen molar-refractivity contribution in [3.05, 3.63) is 118 Å². The number of aromatic nitrogens is 2. The van der Waals surface area contributed by atoms with E-state index in [2.05, 4.69) is 5.10 Å². The zero-order valence-electron chi connectivity index (χ0n) is 16.7. The Morgan fingerprint density at radius 2 is 1.62 bits per heavy atom. The molecule has 8 heteroatoms. The Hall–Kier alpha value is -3.49. The maximum atomic E-state index is 13.7. The van der Waals surface area contributed by atoms with Gasteiger partial charge in [-0.3, -0.25) is 9.00 Å². The summed E-state index contributed by atoms with van der Waals surface area (Å²) < 4.78 is 50.1. The summed E-state index contributed by atoms with van der Waals surface area (Å²) in [6.07, 6.45) is 1.68. The molecule has 0 aliphatic carbocycles. The van der Waals surface area contributed by atoms with Crippen molar-refractivity contribution in [1.29, 1.82) is 0 Å². The number of halogens is 2. The van der Waals surface area contributed by atoms with Crippen LogP contribution in [0.1, 0.15) is 16.7 Å². The molecule has 162 valence electrons. The molecule has 0 saturated heterocycles. The van der Waals surface area contributed by atoms with Gasteiger partial charge in [-0.25, -0.2) is 8.78 Å². The second-order valence-electron chi connectivity index (χ2n) is 7.18. The quantitative estimate of drug-likeness (QED) is 0.413. The Kier molecular flexibility index (Phi) is 6.34. The summed E-state index contributed by atoms with van der Waals surface area (Å²) in [6, 6.07) is 18.1. The zero-order valence-corrected chi connectivity index (χ0v) is 17.5. The number of hydrogen-bond acceptors (Lipinski definition) is 4. The zero-order chi connectivity index (χ0) is 22.7. The Morgan fingerprint density at radius 3 is 2.28 bits per heavy atom. The summed E-state index contributed by atoms with van der Waals surface area (Å²) >= 11 is -2.21. The van der Waals surface area contributed by atoms with Crippen LogP contribution in [-0.2, 0) is 23.3 Å². The lowest BCUT2D eigenvalue weighted by Gasteiger charge is -2.13. The third-order valence-electron chi connectivity index (χ3n) is 4.97. The van der Waals surface area contributed by atoms with Gasteiger partial charge in [0.25, 0.3) is 5.56 Å². The van der Waals surface area contributed by atoms with Crippen molar-refractivity contribution in [2.75, 3.05) is 0 Å². The molecule has 5 nitrogen and oxygen atoms in total. The maximum Gasteiger partial charge on any atom is 0.275 e. The molecule has 0 amide bonds. The van der Waals surface area contributed by atoms with Crippen LogP contribution in [0.25, 0.3) is 16.8 Å². The fourth-order valence-corrected chi connectivity index (χ4v) is 3.91. The third-order valence-corrected chi connectivity index (χ3v) is 5.54. The molecule has 0 saturated carbocycles. The lowest BCUT2D eigenvalue weighted by Crippen LogP contribution is -2.25. The van der Waals surface area contributed by atoms with Crippen LogP contribution in [0, 0.1) is 11.6 Å². The van der Waals surface area contributed by atoms with Crippen molar-refractivity contribution in [2.45, 2.75) is 12.2 Å². The molecular weight excluding hydrogens is 434 g/mol. The van der Waals surface area contributed by atoms with Gasteiger partial charge in [0.1, 0.15) is 11.6 Å². The Labute approximate surface area is 185 Å². The van der Waals surface area contributed by atoms with E-state index in [4.69, 9.17) is 0 Å². The van der Waals surface area contributed by atoms with Crippen LogP contribution in [0.5, 0.6) is 0 Å². The Morgan fingerprint density at radius 1 is 0.906 bits per heavy atom. The number of nitrogens with zero attached hydrogens (tertiary/aromatic N) is 2. The molecule has 0 aliphatic rings. The second-order valence-corrected chi connectivity index (χ2v) is 8.08. The van der Waals surface area contributed by atoms with Gasteiger partial charge in [-0.15, -0.1) is 0 Å². The van der Waals surface area contributed by atoms with Crippen LogP contribution < -0.4 is 5.56 Å². The normalized spacial score (nSPS) is 12.0. The maximum absolute atomic E-state index is 13.7. The smallest absolute Gasteiger partial charge is 0.275 e. The van der Waals surface area contributed by atoms with E-state index in [1.54, 1.807) is 36.4 Å². The molecule has 32 heavy (non-hydrogen) atoms. The molecule has 4 rings (SSSR count). The average molecular weight is 451 g/mol. The van der Waals surface area contributed by atoms with E-state index in [1.165, 1.54) is 47.3 Å². The first-order chi connectivity index (χ1) is 15.4. The summed E-state index contributed by atoms with van der Waals surface area (Å²) in [6.45, 7) is 0. The van der Waals surface area contributed by atoms with Crippen molar-refractivity contribution in [2.24, 2.45) is 0 Å². The monoisotopic (exact) mass is 451 g/mol. The molecular formula is C24H17F2N2O3S-. The van der Waals surface area contributed by atoms with Gasteiger partial charge in [0.15, 0.2) is 0 Å². The van der Waals surface area contributed by atoms with Gasteiger partial charge >= 0.3 is 0 Å². The molecule has 0 spiro atoms. The number of rotatable bonds is 6. The Balaban J connectivity index is 1.83. The van der Waals surface area contributed by atoms with E-state index in [0.717, 1.165) is 0 Å². The molecule has 1 heterocycles. The third kappa shape index (κ3) is 4.87. The first-order valence-corrected chi connectivity index (χ1v) is 10.9. The van der Waals surface area contributed by atoms with Crippen LogP contribution in [0.4, 0.5) is 8.78 Å². The highest BCUT2D eigenvalue weighted by Gasteiger charge is 2.15. The lowest BCUT2D eigenvalue weighted by molar-refractivity contribution is 0.536. The molecule has 0 fully saturated rings.